The number of amides is 1. The van der Waals surface area contributed by atoms with E-state index in [2.05, 4.69) is 17.2 Å². The van der Waals surface area contributed by atoms with Crippen LogP contribution in [0.2, 0.25) is 0 Å². The van der Waals surface area contributed by atoms with Gasteiger partial charge in [-0.3, -0.25) is 4.79 Å². The van der Waals surface area contributed by atoms with Crippen molar-refractivity contribution in [2.75, 3.05) is 0 Å². The average Bonchev–Trinajstić information content (AvgIpc) is 2.62. The van der Waals surface area contributed by atoms with Crippen molar-refractivity contribution in [3.8, 4) is 0 Å². The molecule has 1 amide bonds. The number of carbonyl (C=O) groups is 1. The number of hydrogen-bond donors (Lipinski definition) is 1. The molecule has 0 saturated heterocycles. The summed E-state index contributed by atoms with van der Waals surface area (Å²) in [5.41, 5.74) is 0.264. The van der Waals surface area contributed by atoms with Crippen LogP contribution in [0.25, 0.3) is 0 Å². The molecule has 4 aliphatic carbocycles. The quantitative estimate of drug-likeness (QED) is 0.848. The number of aliphatic imine (C=N–C) groups is 1. The summed E-state index contributed by atoms with van der Waals surface area (Å²) in [5, 5.41) is 4.64. The van der Waals surface area contributed by atoms with Crippen LogP contribution in [-0.4, -0.2) is 21.4 Å². The van der Waals surface area contributed by atoms with Gasteiger partial charge in [-0.2, -0.15) is 4.99 Å². The Labute approximate surface area is 125 Å². The van der Waals surface area contributed by atoms with Gasteiger partial charge >= 0.3 is 0 Å². The van der Waals surface area contributed by atoms with Gasteiger partial charge in [0.2, 0.25) is 0 Å². The molecule has 4 fully saturated rings. The molecule has 1 heterocycles. The summed E-state index contributed by atoms with van der Waals surface area (Å²) in [6.45, 7) is 4.10. The summed E-state index contributed by atoms with van der Waals surface area (Å²) in [6.07, 6.45) is 9.11. The Hall–Kier alpha value is -0.510. The van der Waals surface area contributed by atoms with Crippen LogP contribution < -0.4 is 5.32 Å². The molecule has 0 aromatic carbocycles. The van der Waals surface area contributed by atoms with Gasteiger partial charge in [-0.25, -0.2) is 0 Å². The maximum atomic E-state index is 12.1. The Balaban J connectivity index is 1.53. The number of nitrogens with one attached hydrogen (secondary N) is 1. The van der Waals surface area contributed by atoms with Gasteiger partial charge in [0, 0.05) is 5.54 Å². The predicted octanol–water partition coefficient (Wildman–Crippen LogP) is 3.34. The standard InChI is InChI=1S/C16H24N2OS/c1-3-15(2)13(19)17-14(20-15)18-16-7-10-4-11(8-16)6-12(5-10)9-16/h10-12H,3-9H2,1-2H3,(H,17,18,19). The van der Waals surface area contributed by atoms with Crippen LogP contribution in [0.15, 0.2) is 4.99 Å². The first-order chi connectivity index (χ1) is 9.50. The van der Waals surface area contributed by atoms with Gasteiger partial charge in [-0.1, -0.05) is 18.7 Å². The van der Waals surface area contributed by atoms with Crippen LogP contribution in [0.4, 0.5) is 0 Å². The third-order valence-electron chi connectivity index (χ3n) is 6.06. The maximum Gasteiger partial charge on any atom is 0.264 e. The van der Waals surface area contributed by atoms with E-state index in [1.807, 2.05) is 6.92 Å². The Morgan fingerprint density at radius 2 is 1.75 bits per heavy atom. The highest BCUT2D eigenvalue weighted by molar-refractivity contribution is 8.16. The fraction of sp³-hybridized carbons (Fsp3) is 0.875. The number of thioether (sulfide) groups is 1. The van der Waals surface area contributed by atoms with Crippen LogP contribution in [-0.2, 0) is 4.79 Å². The van der Waals surface area contributed by atoms with E-state index in [-0.39, 0.29) is 16.2 Å². The minimum atomic E-state index is -0.329. The van der Waals surface area contributed by atoms with Crippen LogP contribution in [0.3, 0.4) is 0 Å². The van der Waals surface area contributed by atoms with Gasteiger partial charge in [0.05, 0.1) is 0 Å². The molecular formula is C16H24N2OS. The number of amidine groups is 1. The third-order valence-corrected chi connectivity index (χ3v) is 7.36. The van der Waals surface area contributed by atoms with E-state index in [1.54, 1.807) is 11.8 Å². The van der Waals surface area contributed by atoms with E-state index >= 15 is 0 Å². The molecule has 110 valence electrons. The molecule has 1 aliphatic heterocycles. The van der Waals surface area contributed by atoms with Gasteiger partial charge in [0.25, 0.3) is 5.91 Å². The summed E-state index contributed by atoms with van der Waals surface area (Å²) in [7, 11) is 0. The lowest BCUT2D eigenvalue weighted by Gasteiger charge is -2.57. The van der Waals surface area contributed by atoms with E-state index in [1.165, 1.54) is 38.5 Å². The second kappa shape index (κ2) is 4.25. The summed E-state index contributed by atoms with van der Waals surface area (Å²) in [4.78, 5) is 16.4. The molecule has 5 aliphatic rings. The molecule has 20 heavy (non-hydrogen) atoms. The molecule has 0 aromatic heterocycles. The fourth-order valence-corrected chi connectivity index (χ4v) is 6.36. The molecule has 3 nitrogen and oxygen atoms in total. The smallest absolute Gasteiger partial charge is 0.264 e. The fourth-order valence-electron chi connectivity index (χ4n) is 5.26. The van der Waals surface area contributed by atoms with Crippen LogP contribution >= 0.6 is 11.8 Å². The maximum absolute atomic E-state index is 12.1. The largest absolute Gasteiger partial charge is 0.359 e. The molecule has 1 unspecified atom stereocenters. The molecule has 4 bridgehead atoms. The number of nitrogens with zero attached hydrogens (tertiary/aromatic N) is 1. The van der Waals surface area contributed by atoms with Crippen LogP contribution in [0.1, 0.15) is 58.8 Å². The second-order valence-corrected chi connectivity index (χ2v) is 9.22. The highest BCUT2D eigenvalue weighted by atomic mass is 32.2. The van der Waals surface area contributed by atoms with Gasteiger partial charge in [0.15, 0.2) is 5.17 Å². The van der Waals surface area contributed by atoms with Gasteiger partial charge in [-0.15, -0.1) is 0 Å². The Kier molecular flexibility index (Phi) is 2.80. The lowest BCUT2D eigenvalue weighted by Crippen LogP contribution is -2.59. The highest BCUT2D eigenvalue weighted by Gasteiger charge is 2.52. The number of carbonyl (C=O) groups excluding carboxylic acids is 1. The molecule has 4 heteroatoms. The summed E-state index contributed by atoms with van der Waals surface area (Å²) >= 11 is 1.66. The van der Waals surface area contributed by atoms with Crippen LogP contribution in [0.5, 0.6) is 0 Å². The van der Waals surface area contributed by atoms with Gasteiger partial charge < -0.3 is 5.32 Å². The molecule has 4 saturated carbocycles. The topological polar surface area (TPSA) is 41.5 Å². The highest BCUT2D eigenvalue weighted by Crippen LogP contribution is 2.56. The third kappa shape index (κ3) is 1.94. The van der Waals surface area contributed by atoms with Crippen molar-refractivity contribution < 1.29 is 4.79 Å². The van der Waals surface area contributed by atoms with Gasteiger partial charge in [-0.05, 0) is 69.6 Å². The Morgan fingerprint density at radius 1 is 1.20 bits per heavy atom. The monoisotopic (exact) mass is 292 g/mol. The Morgan fingerprint density at radius 3 is 2.20 bits per heavy atom. The molecular weight excluding hydrogens is 268 g/mol. The minimum Gasteiger partial charge on any atom is -0.359 e. The molecule has 0 radical (unpaired) electrons. The normalized spacial score (nSPS) is 49.6. The molecule has 1 atom stereocenters. The van der Waals surface area contributed by atoms with Crippen molar-refractivity contribution in [3.05, 3.63) is 0 Å². The van der Waals surface area contributed by atoms with Crippen molar-refractivity contribution in [3.63, 3.8) is 0 Å². The summed E-state index contributed by atoms with van der Waals surface area (Å²) in [5.74, 6) is 2.83. The SMILES string of the molecule is CCC1(C)SC(NC23CC4CC(CC(C4)C2)C3)=NC1=O. The first-order valence-electron chi connectivity index (χ1n) is 8.11. The van der Waals surface area contributed by atoms with E-state index < -0.39 is 0 Å². The minimum absolute atomic E-state index is 0.0530. The summed E-state index contributed by atoms with van der Waals surface area (Å²) in [6, 6.07) is 0. The molecule has 1 N–H and O–H groups in total. The lowest BCUT2D eigenvalue weighted by molar-refractivity contribution is -0.119. The average molecular weight is 292 g/mol. The van der Waals surface area contributed by atoms with E-state index in [4.69, 9.17) is 0 Å². The van der Waals surface area contributed by atoms with Crippen LogP contribution in [0, 0.1) is 17.8 Å². The zero-order valence-corrected chi connectivity index (χ0v) is 13.3. The second-order valence-electron chi connectivity index (χ2n) is 7.73. The van der Waals surface area contributed by atoms with E-state index in [9.17, 15) is 4.79 Å². The van der Waals surface area contributed by atoms with E-state index in [0.717, 1.165) is 29.3 Å². The molecule has 0 spiro atoms. The first-order valence-corrected chi connectivity index (χ1v) is 8.92. The number of rotatable bonds is 2. The van der Waals surface area contributed by atoms with E-state index in [0.29, 0.717) is 0 Å². The Bertz CT molecular complexity index is 452. The van der Waals surface area contributed by atoms with Crippen molar-refractivity contribution in [2.45, 2.75) is 69.1 Å². The van der Waals surface area contributed by atoms with Gasteiger partial charge in [0.1, 0.15) is 4.75 Å². The van der Waals surface area contributed by atoms with Crippen molar-refractivity contribution in [1.29, 1.82) is 0 Å². The zero-order chi connectivity index (χ0) is 14.0. The first kappa shape index (κ1) is 13.2. The molecule has 5 rings (SSSR count). The molecule has 0 aromatic rings. The van der Waals surface area contributed by atoms with Crippen molar-refractivity contribution in [1.82, 2.24) is 5.32 Å². The summed E-state index contributed by atoms with van der Waals surface area (Å²) < 4.78 is -0.329. The van der Waals surface area contributed by atoms with Crippen molar-refractivity contribution in [2.24, 2.45) is 22.7 Å². The lowest BCUT2D eigenvalue weighted by atomic mass is 9.53. The zero-order valence-electron chi connectivity index (χ0n) is 12.4. The number of hydrogen-bond acceptors (Lipinski definition) is 3. The predicted molar refractivity (Wildman–Crippen MR) is 82.8 cm³/mol. The van der Waals surface area contributed by atoms with Crippen molar-refractivity contribution >= 4 is 22.8 Å².